The van der Waals surface area contributed by atoms with E-state index in [0.717, 1.165) is 11.1 Å². The average molecular weight is 286 g/mol. The molecule has 6 heteroatoms. The lowest BCUT2D eigenvalue weighted by atomic mass is 10.1. The Hall–Kier alpha value is -2.89. The second kappa shape index (κ2) is 6.51. The van der Waals surface area contributed by atoms with E-state index in [-0.39, 0.29) is 18.0 Å². The highest BCUT2D eigenvalue weighted by Gasteiger charge is 2.04. The molecule has 0 spiro atoms. The van der Waals surface area contributed by atoms with Crippen LogP contribution >= 0.6 is 0 Å². The van der Waals surface area contributed by atoms with Crippen molar-refractivity contribution < 1.29 is 14.9 Å². The van der Waals surface area contributed by atoms with E-state index in [0.29, 0.717) is 5.71 Å². The van der Waals surface area contributed by atoms with E-state index in [4.69, 9.17) is 4.84 Å². The number of nitro benzene ring substituents is 1. The molecular formula is C15H14N2O4. The topological polar surface area (TPSA) is 85.0 Å². The molecule has 0 aromatic heterocycles. The molecule has 1 N–H and O–H groups in total. The number of phenols is 1. The lowest BCUT2D eigenvalue weighted by Crippen LogP contribution is -1.97. The maximum Gasteiger partial charge on any atom is 0.269 e. The van der Waals surface area contributed by atoms with E-state index in [1.54, 1.807) is 37.3 Å². The summed E-state index contributed by atoms with van der Waals surface area (Å²) in [5.41, 5.74) is 2.22. The van der Waals surface area contributed by atoms with Crippen molar-refractivity contribution in [3.63, 3.8) is 0 Å². The first kappa shape index (κ1) is 14.5. The van der Waals surface area contributed by atoms with E-state index < -0.39 is 4.92 Å². The van der Waals surface area contributed by atoms with Crippen LogP contribution in [0.3, 0.4) is 0 Å². The highest BCUT2D eigenvalue weighted by Crippen LogP contribution is 2.14. The Bertz CT molecular complexity index is 666. The third kappa shape index (κ3) is 4.04. The lowest BCUT2D eigenvalue weighted by Gasteiger charge is -2.03. The maximum atomic E-state index is 10.5. The summed E-state index contributed by atoms with van der Waals surface area (Å²) in [5, 5.41) is 23.9. The van der Waals surface area contributed by atoms with Gasteiger partial charge in [-0.3, -0.25) is 10.1 Å². The van der Waals surface area contributed by atoms with Crippen LogP contribution in [0.1, 0.15) is 18.1 Å². The molecule has 0 aliphatic carbocycles. The van der Waals surface area contributed by atoms with Gasteiger partial charge in [-0.15, -0.1) is 0 Å². The first-order valence-electron chi connectivity index (χ1n) is 6.25. The number of nitro groups is 1. The van der Waals surface area contributed by atoms with Gasteiger partial charge in [0, 0.05) is 17.7 Å². The van der Waals surface area contributed by atoms with Crippen LogP contribution in [0.25, 0.3) is 0 Å². The molecule has 0 unspecified atom stereocenters. The molecule has 0 fully saturated rings. The first-order valence-corrected chi connectivity index (χ1v) is 6.25. The molecule has 2 aromatic carbocycles. The molecule has 0 radical (unpaired) electrons. The zero-order valence-corrected chi connectivity index (χ0v) is 11.4. The molecule has 0 aliphatic heterocycles. The fourth-order valence-corrected chi connectivity index (χ4v) is 1.70. The third-order valence-corrected chi connectivity index (χ3v) is 2.84. The molecule has 6 nitrogen and oxygen atoms in total. The summed E-state index contributed by atoms with van der Waals surface area (Å²) >= 11 is 0. The lowest BCUT2D eigenvalue weighted by molar-refractivity contribution is -0.384. The Morgan fingerprint density at radius 3 is 2.62 bits per heavy atom. The normalized spacial score (nSPS) is 11.2. The summed E-state index contributed by atoms with van der Waals surface area (Å²) in [7, 11) is 0. The predicted octanol–water partition coefficient (Wildman–Crippen LogP) is 3.24. The summed E-state index contributed by atoms with van der Waals surface area (Å²) in [5.74, 6) is 0.164. The van der Waals surface area contributed by atoms with Gasteiger partial charge in [0.2, 0.25) is 0 Å². The molecule has 21 heavy (non-hydrogen) atoms. The van der Waals surface area contributed by atoms with Crippen molar-refractivity contribution in [2.75, 3.05) is 0 Å². The Balaban J connectivity index is 1.96. The molecular weight excluding hydrogens is 272 g/mol. The number of phenolic OH excluding ortho intramolecular Hbond substituents is 1. The van der Waals surface area contributed by atoms with Crippen molar-refractivity contribution in [3.05, 3.63) is 69.8 Å². The minimum absolute atomic E-state index is 0.0400. The maximum absolute atomic E-state index is 10.5. The van der Waals surface area contributed by atoms with Crippen molar-refractivity contribution in [2.45, 2.75) is 13.5 Å². The van der Waals surface area contributed by atoms with Gasteiger partial charge in [0.15, 0.2) is 0 Å². The molecule has 0 saturated carbocycles. The number of nitrogens with zero attached hydrogens (tertiary/aromatic N) is 2. The van der Waals surface area contributed by atoms with Crippen LogP contribution in [0.2, 0.25) is 0 Å². The van der Waals surface area contributed by atoms with Crippen LogP contribution in [-0.2, 0) is 11.4 Å². The monoisotopic (exact) mass is 286 g/mol. The van der Waals surface area contributed by atoms with Crippen molar-refractivity contribution in [1.29, 1.82) is 0 Å². The van der Waals surface area contributed by atoms with Crippen molar-refractivity contribution in [3.8, 4) is 5.75 Å². The number of non-ortho nitro benzene ring substituents is 1. The zero-order valence-electron chi connectivity index (χ0n) is 11.4. The molecule has 0 amide bonds. The summed E-state index contributed by atoms with van der Waals surface area (Å²) < 4.78 is 0. The minimum Gasteiger partial charge on any atom is -0.508 e. The predicted molar refractivity (Wildman–Crippen MR) is 78.2 cm³/mol. The zero-order chi connectivity index (χ0) is 15.2. The van der Waals surface area contributed by atoms with E-state index in [1.807, 2.05) is 6.07 Å². The van der Waals surface area contributed by atoms with Crippen LogP contribution < -0.4 is 0 Å². The molecule has 0 aliphatic rings. The van der Waals surface area contributed by atoms with Crippen molar-refractivity contribution in [1.82, 2.24) is 0 Å². The quantitative estimate of drug-likeness (QED) is 0.519. The summed E-state index contributed by atoms with van der Waals surface area (Å²) in [4.78, 5) is 15.3. The third-order valence-electron chi connectivity index (χ3n) is 2.84. The highest BCUT2D eigenvalue weighted by atomic mass is 16.6. The van der Waals surface area contributed by atoms with Crippen LogP contribution in [0.5, 0.6) is 5.75 Å². The van der Waals surface area contributed by atoms with Gasteiger partial charge in [0.25, 0.3) is 5.69 Å². The van der Waals surface area contributed by atoms with Crippen LogP contribution in [0, 0.1) is 10.1 Å². The summed E-state index contributed by atoms with van der Waals surface area (Å²) in [6.07, 6.45) is 0. The average Bonchev–Trinajstić information content (AvgIpc) is 2.47. The van der Waals surface area contributed by atoms with E-state index in [2.05, 4.69) is 5.16 Å². The number of aromatic hydroxyl groups is 1. The standard InChI is InChI=1S/C15H14N2O4/c1-11(13-3-2-4-15(18)9-13)16-21-10-12-5-7-14(8-6-12)17(19)20/h2-9,18H,10H2,1H3/b16-11+. The van der Waals surface area contributed by atoms with Gasteiger partial charge in [0.1, 0.15) is 12.4 Å². The van der Waals surface area contributed by atoms with Crippen molar-refractivity contribution >= 4 is 11.4 Å². The van der Waals surface area contributed by atoms with Crippen molar-refractivity contribution in [2.24, 2.45) is 5.16 Å². The smallest absolute Gasteiger partial charge is 0.269 e. The van der Waals surface area contributed by atoms with Gasteiger partial charge in [-0.2, -0.15) is 0 Å². The van der Waals surface area contributed by atoms with E-state index in [1.165, 1.54) is 12.1 Å². The first-order chi connectivity index (χ1) is 10.1. The number of oxime groups is 1. The Kier molecular flexibility index (Phi) is 4.50. The van der Waals surface area contributed by atoms with Crippen LogP contribution in [0.15, 0.2) is 53.7 Å². The number of rotatable bonds is 5. The molecule has 0 saturated heterocycles. The highest BCUT2D eigenvalue weighted by molar-refractivity contribution is 5.98. The fourth-order valence-electron chi connectivity index (χ4n) is 1.70. The van der Waals surface area contributed by atoms with Gasteiger partial charge in [-0.1, -0.05) is 17.3 Å². The second-order valence-corrected chi connectivity index (χ2v) is 4.42. The van der Waals surface area contributed by atoms with Crippen LogP contribution in [-0.4, -0.2) is 15.7 Å². The van der Waals surface area contributed by atoms with Gasteiger partial charge in [-0.25, -0.2) is 0 Å². The Morgan fingerprint density at radius 2 is 2.00 bits per heavy atom. The minimum atomic E-state index is -0.450. The molecule has 0 bridgehead atoms. The summed E-state index contributed by atoms with van der Waals surface area (Å²) in [6.45, 7) is 1.98. The van der Waals surface area contributed by atoms with Gasteiger partial charge in [-0.05, 0) is 36.8 Å². The molecule has 108 valence electrons. The number of hydrogen-bond donors (Lipinski definition) is 1. The molecule has 0 heterocycles. The van der Waals surface area contributed by atoms with Gasteiger partial charge >= 0.3 is 0 Å². The Morgan fingerprint density at radius 1 is 1.29 bits per heavy atom. The van der Waals surface area contributed by atoms with Gasteiger partial charge in [0.05, 0.1) is 10.6 Å². The van der Waals surface area contributed by atoms with Crippen LogP contribution in [0.4, 0.5) is 5.69 Å². The molecule has 2 rings (SSSR count). The number of hydrogen-bond acceptors (Lipinski definition) is 5. The largest absolute Gasteiger partial charge is 0.508 e. The summed E-state index contributed by atoms with van der Waals surface area (Å²) in [6, 6.07) is 12.8. The molecule has 0 atom stereocenters. The fraction of sp³-hybridized carbons (Fsp3) is 0.133. The molecule has 2 aromatic rings. The Labute approximate surface area is 121 Å². The second-order valence-electron chi connectivity index (χ2n) is 4.42. The number of benzene rings is 2. The van der Waals surface area contributed by atoms with E-state index >= 15 is 0 Å². The van der Waals surface area contributed by atoms with E-state index in [9.17, 15) is 15.2 Å². The van der Waals surface area contributed by atoms with Gasteiger partial charge < -0.3 is 9.94 Å². The SMILES string of the molecule is C/C(=N\OCc1ccc([N+](=O)[O-])cc1)c1cccc(O)c1.